The Hall–Kier alpha value is -1.06. The van der Waals surface area contributed by atoms with E-state index < -0.39 is 17.9 Å². The first-order chi connectivity index (χ1) is 4.93. The standard InChI is InChI=1S/C7H10O4/c1-4-5(8)7(2,3)11-6(9)10-4/h4H,1-3H3. The molecule has 1 aliphatic heterocycles. The fourth-order valence-electron chi connectivity index (χ4n) is 0.970. The lowest BCUT2D eigenvalue weighted by Crippen LogP contribution is -2.49. The van der Waals surface area contributed by atoms with Gasteiger partial charge in [-0.2, -0.15) is 0 Å². The molecule has 11 heavy (non-hydrogen) atoms. The van der Waals surface area contributed by atoms with Gasteiger partial charge in [-0.05, 0) is 20.8 Å². The molecule has 1 heterocycles. The number of Topliss-reactive ketones (excluding diaryl/α,β-unsaturated/α-hetero) is 1. The molecule has 0 aliphatic carbocycles. The highest BCUT2D eigenvalue weighted by molar-refractivity contribution is 5.94. The van der Waals surface area contributed by atoms with Gasteiger partial charge in [0.25, 0.3) is 0 Å². The summed E-state index contributed by atoms with van der Waals surface area (Å²) in [6, 6.07) is 0. The molecule has 0 N–H and O–H groups in total. The second-order valence-corrected chi connectivity index (χ2v) is 2.99. The maximum Gasteiger partial charge on any atom is 0.509 e. The maximum absolute atomic E-state index is 11.2. The molecule has 1 rings (SSSR count). The molecule has 4 heteroatoms. The van der Waals surface area contributed by atoms with E-state index >= 15 is 0 Å². The molecular weight excluding hydrogens is 148 g/mol. The number of ketones is 1. The summed E-state index contributed by atoms with van der Waals surface area (Å²) in [5.74, 6) is -0.211. The van der Waals surface area contributed by atoms with Crippen LogP contribution in [-0.4, -0.2) is 23.6 Å². The Balaban J connectivity index is 2.83. The third-order valence-electron chi connectivity index (χ3n) is 1.57. The zero-order valence-electron chi connectivity index (χ0n) is 6.71. The van der Waals surface area contributed by atoms with Crippen LogP contribution in [0.15, 0.2) is 0 Å². The molecule has 62 valence electrons. The van der Waals surface area contributed by atoms with Crippen molar-refractivity contribution >= 4 is 11.9 Å². The van der Waals surface area contributed by atoms with Gasteiger partial charge >= 0.3 is 6.16 Å². The fraction of sp³-hybridized carbons (Fsp3) is 0.714. The summed E-state index contributed by atoms with van der Waals surface area (Å²) >= 11 is 0. The molecule has 0 radical (unpaired) electrons. The smallest absolute Gasteiger partial charge is 0.423 e. The summed E-state index contributed by atoms with van der Waals surface area (Å²) in [5.41, 5.74) is -1.03. The minimum atomic E-state index is -1.03. The molecule has 1 aliphatic rings. The Morgan fingerprint density at radius 2 is 1.91 bits per heavy atom. The van der Waals surface area contributed by atoms with E-state index in [1.807, 2.05) is 0 Å². The first-order valence-electron chi connectivity index (χ1n) is 3.37. The summed E-state index contributed by atoms with van der Waals surface area (Å²) in [6.07, 6.45) is -1.46. The van der Waals surface area contributed by atoms with Gasteiger partial charge in [0.15, 0.2) is 11.7 Å². The fourth-order valence-corrected chi connectivity index (χ4v) is 0.970. The van der Waals surface area contributed by atoms with E-state index in [1.165, 1.54) is 6.92 Å². The van der Waals surface area contributed by atoms with Crippen LogP contribution in [0.3, 0.4) is 0 Å². The summed E-state index contributed by atoms with van der Waals surface area (Å²) in [5, 5.41) is 0. The molecule has 0 spiro atoms. The van der Waals surface area contributed by atoms with E-state index in [0.717, 1.165) is 0 Å². The van der Waals surface area contributed by atoms with Crippen LogP contribution >= 0.6 is 0 Å². The van der Waals surface area contributed by atoms with Gasteiger partial charge in [-0.15, -0.1) is 0 Å². The molecule has 0 aromatic rings. The van der Waals surface area contributed by atoms with Crippen molar-refractivity contribution in [1.29, 1.82) is 0 Å². The minimum Gasteiger partial charge on any atom is -0.423 e. The van der Waals surface area contributed by atoms with E-state index in [2.05, 4.69) is 9.47 Å². The molecule has 4 nitrogen and oxygen atoms in total. The van der Waals surface area contributed by atoms with Crippen molar-refractivity contribution in [3.05, 3.63) is 0 Å². The van der Waals surface area contributed by atoms with Gasteiger partial charge in [-0.3, -0.25) is 4.79 Å². The van der Waals surface area contributed by atoms with Crippen LogP contribution < -0.4 is 0 Å². The number of hydrogen-bond acceptors (Lipinski definition) is 4. The Kier molecular flexibility index (Phi) is 1.62. The first-order valence-corrected chi connectivity index (χ1v) is 3.37. The number of cyclic esters (lactones) is 2. The number of hydrogen-bond donors (Lipinski definition) is 0. The summed E-state index contributed by atoms with van der Waals surface area (Å²) < 4.78 is 9.17. The summed E-state index contributed by atoms with van der Waals surface area (Å²) in [4.78, 5) is 21.8. The molecule has 1 fully saturated rings. The Bertz CT molecular complexity index is 206. The normalized spacial score (nSPS) is 29.2. The SMILES string of the molecule is CC1OC(=O)OC(C)(C)C1=O. The molecule has 0 aromatic heterocycles. The van der Waals surface area contributed by atoms with Crippen LogP contribution in [0, 0.1) is 0 Å². The molecule has 1 unspecified atom stereocenters. The lowest BCUT2D eigenvalue weighted by atomic mass is 9.99. The van der Waals surface area contributed by atoms with Crippen molar-refractivity contribution in [2.45, 2.75) is 32.5 Å². The lowest BCUT2D eigenvalue weighted by Gasteiger charge is -2.30. The Morgan fingerprint density at radius 3 is 2.36 bits per heavy atom. The van der Waals surface area contributed by atoms with Gasteiger partial charge in [0.05, 0.1) is 0 Å². The van der Waals surface area contributed by atoms with Gasteiger partial charge < -0.3 is 9.47 Å². The minimum absolute atomic E-state index is 0.211. The Labute approximate surface area is 64.5 Å². The monoisotopic (exact) mass is 158 g/mol. The summed E-state index contributed by atoms with van der Waals surface area (Å²) in [7, 11) is 0. The van der Waals surface area contributed by atoms with Crippen LogP contribution in [0.1, 0.15) is 20.8 Å². The predicted octanol–water partition coefficient (Wildman–Crippen LogP) is 0.889. The molecular formula is C7H10O4. The van der Waals surface area contributed by atoms with Crippen molar-refractivity contribution in [3.8, 4) is 0 Å². The van der Waals surface area contributed by atoms with Crippen molar-refractivity contribution in [2.24, 2.45) is 0 Å². The third-order valence-corrected chi connectivity index (χ3v) is 1.57. The molecule has 1 saturated heterocycles. The van der Waals surface area contributed by atoms with Crippen LogP contribution in [0.5, 0.6) is 0 Å². The first kappa shape index (κ1) is 8.04. The number of carbonyl (C=O) groups is 2. The number of ether oxygens (including phenoxy) is 2. The van der Waals surface area contributed by atoms with Gasteiger partial charge in [0.2, 0.25) is 5.78 Å². The van der Waals surface area contributed by atoms with Gasteiger partial charge in [0, 0.05) is 0 Å². The second kappa shape index (κ2) is 2.22. The van der Waals surface area contributed by atoms with Crippen LogP contribution in [0.25, 0.3) is 0 Å². The van der Waals surface area contributed by atoms with Gasteiger partial charge in [0.1, 0.15) is 0 Å². The highest BCUT2D eigenvalue weighted by Crippen LogP contribution is 2.20. The average Bonchev–Trinajstić information content (AvgIpc) is 1.81. The van der Waals surface area contributed by atoms with Gasteiger partial charge in [-0.1, -0.05) is 0 Å². The molecule has 0 amide bonds. The third kappa shape index (κ3) is 1.34. The van der Waals surface area contributed by atoms with E-state index in [1.54, 1.807) is 13.8 Å². The maximum atomic E-state index is 11.2. The molecule has 1 atom stereocenters. The topological polar surface area (TPSA) is 52.6 Å². The van der Waals surface area contributed by atoms with Crippen molar-refractivity contribution in [2.75, 3.05) is 0 Å². The van der Waals surface area contributed by atoms with E-state index in [4.69, 9.17) is 0 Å². The quantitative estimate of drug-likeness (QED) is 0.491. The zero-order chi connectivity index (χ0) is 8.65. The lowest BCUT2D eigenvalue weighted by molar-refractivity contribution is -0.157. The highest BCUT2D eigenvalue weighted by atomic mass is 16.7. The zero-order valence-corrected chi connectivity index (χ0v) is 6.71. The second-order valence-electron chi connectivity index (χ2n) is 2.99. The van der Waals surface area contributed by atoms with Crippen LogP contribution in [-0.2, 0) is 14.3 Å². The van der Waals surface area contributed by atoms with E-state index in [9.17, 15) is 9.59 Å². The highest BCUT2D eigenvalue weighted by Gasteiger charge is 2.42. The molecule has 0 saturated carbocycles. The van der Waals surface area contributed by atoms with Crippen molar-refractivity contribution in [3.63, 3.8) is 0 Å². The number of rotatable bonds is 0. The number of carbonyl (C=O) groups excluding carboxylic acids is 2. The molecule has 0 bridgehead atoms. The van der Waals surface area contributed by atoms with Crippen LogP contribution in [0.2, 0.25) is 0 Å². The van der Waals surface area contributed by atoms with Crippen molar-refractivity contribution in [1.82, 2.24) is 0 Å². The van der Waals surface area contributed by atoms with Crippen LogP contribution in [0.4, 0.5) is 4.79 Å². The van der Waals surface area contributed by atoms with E-state index in [0.29, 0.717) is 0 Å². The summed E-state index contributed by atoms with van der Waals surface area (Å²) in [6.45, 7) is 4.63. The predicted molar refractivity (Wildman–Crippen MR) is 36.1 cm³/mol. The average molecular weight is 158 g/mol. The molecule has 0 aromatic carbocycles. The van der Waals surface area contributed by atoms with Gasteiger partial charge in [-0.25, -0.2) is 4.79 Å². The largest absolute Gasteiger partial charge is 0.509 e. The van der Waals surface area contributed by atoms with Crippen molar-refractivity contribution < 1.29 is 19.1 Å². The Morgan fingerprint density at radius 1 is 1.36 bits per heavy atom. The van der Waals surface area contributed by atoms with E-state index in [-0.39, 0.29) is 5.78 Å².